The minimum atomic E-state index is -0.706. The number of carbonyl (C=O) groups excluding carboxylic acids is 1. The fourth-order valence-corrected chi connectivity index (χ4v) is 2.97. The number of halogens is 1. The van der Waals surface area contributed by atoms with Gasteiger partial charge in [0.25, 0.3) is 0 Å². The highest BCUT2D eigenvalue weighted by molar-refractivity contribution is 9.10. The molecule has 0 radical (unpaired) electrons. The van der Waals surface area contributed by atoms with Crippen LogP contribution >= 0.6 is 15.9 Å². The topological polar surface area (TPSA) is 62.1 Å². The zero-order valence-corrected chi connectivity index (χ0v) is 15.3. The third-order valence-corrected chi connectivity index (χ3v) is 3.68. The summed E-state index contributed by atoms with van der Waals surface area (Å²) in [6.45, 7) is 8.62. The Balaban J connectivity index is 2.68. The van der Waals surface area contributed by atoms with Crippen molar-refractivity contribution in [1.29, 1.82) is 0 Å². The van der Waals surface area contributed by atoms with Crippen molar-refractivity contribution in [2.45, 2.75) is 34.0 Å². The first-order chi connectivity index (χ1) is 11.0. The van der Waals surface area contributed by atoms with Crippen LogP contribution in [0.2, 0.25) is 0 Å². The fraction of sp³-hybridized carbons (Fsp3) is 0.500. The van der Waals surface area contributed by atoms with Gasteiger partial charge >= 0.3 is 5.97 Å². The van der Waals surface area contributed by atoms with Crippen LogP contribution < -0.4 is 0 Å². The predicted molar refractivity (Wildman–Crippen MR) is 89.6 cm³/mol. The summed E-state index contributed by atoms with van der Waals surface area (Å²) in [4.78, 5) is 12.5. The van der Waals surface area contributed by atoms with Crippen LogP contribution in [0.15, 0.2) is 16.7 Å². The Hall–Kier alpha value is -1.44. The molecule has 0 unspecified atom stereocenters. The maximum atomic E-state index is 12.5. The number of pyridine rings is 1. The molecule has 0 aromatic carbocycles. The van der Waals surface area contributed by atoms with Gasteiger partial charge in [-0.25, -0.2) is 9.31 Å². The number of rotatable bonds is 7. The average Bonchev–Trinajstić information content (AvgIpc) is 2.86. The van der Waals surface area contributed by atoms with Crippen LogP contribution in [0, 0.1) is 6.92 Å². The fourth-order valence-electron chi connectivity index (χ4n) is 2.43. The standard InChI is InChI=1S/C16H21BrN2O4/c1-5-21-15(20)12-13(16(22-6-2)23-7-3)18-19-9-11(17)8-10(4)14(12)19/h8-9,16H,5-7H2,1-4H3. The van der Waals surface area contributed by atoms with E-state index in [1.165, 1.54) is 0 Å². The van der Waals surface area contributed by atoms with Crippen molar-refractivity contribution in [1.82, 2.24) is 9.61 Å². The smallest absolute Gasteiger partial charge is 0.342 e. The van der Waals surface area contributed by atoms with Gasteiger partial charge in [0.15, 0.2) is 0 Å². The third-order valence-electron chi connectivity index (χ3n) is 3.25. The molecule has 0 aliphatic heterocycles. The number of carbonyl (C=O) groups is 1. The van der Waals surface area contributed by atoms with Crippen LogP contribution in [0.5, 0.6) is 0 Å². The molecule has 2 aromatic heterocycles. The minimum Gasteiger partial charge on any atom is -0.462 e. The lowest BCUT2D eigenvalue weighted by molar-refractivity contribution is -0.143. The van der Waals surface area contributed by atoms with E-state index in [9.17, 15) is 4.79 Å². The van der Waals surface area contributed by atoms with Crippen molar-refractivity contribution in [2.75, 3.05) is 19.8 Å². The van der Waals surface area contributed by atoms with Crippen molar-refractivity contribution >= 4 is 27.4 Å². The van der Waals surface area contributed by atoms with Gasteiger partial charge in [0, 0.05) is 23.9 Å². The Bertz CT molecular complexity index is 693. The van der Waals surface area contributed by atoms with Gasteiger partial charge in [-0.3, -0.25) is 0 Å². The van der Waals surface area contributed by atoms with Crippen LogP contribution in [0.3, 0.4) is 0 Å². The first kappa shape index (κ1) is 17.9. The molecule has 0 saturated carbocycles. The molecular formula is C16H21BrN2O4. The maximum absolute atomic E-state index is 12.5. The highest BCUT2D eigenvalue weighted by atomic mass is 79.9. The second kappa shape index (κ2) is 7.90. The van der Waals surface area contributed by atoms with Crippen molar-refractivity contribution in [3.8, 4) is 0 Å². The molecule has 2 rings (SSSR count). The van der Waals surface area contributed by atoms with Crippen LogP contribution in [0.1, 0.15) is 48.7 Å². The summed E-state index contributed by atoms with van der Waals surface area (Å²) in [5, 5.41) is 4.51. The number of hydrogen-bond acceptors (Lipinski definition) is 5. The Morgan fingerprint density at radius 1 is 1.26 bits per heavy atom. The molecule has 126 valence electrons. The molecule has 7 heteroatoms. The summed E-state index contributed by atoms with van der Waals surface area (Å²) < 4.78 is 19.0. The largest absolute Gasteiger partial charge is 0.462 e. The molecule has 0 N–H and O–H groups in total. The van der Waals surface area contributed by atoms with E-state index < -0.39 is 12.3 Å². The summed E-state index contributed by atoms with van der Waals surface area (Å²) in [7, 11) is 0. The van der Waals surface area contributed by atoms with E-state index in [0.717, 1.165) is 10.0 Å². The summed E-state index contributed by atoms with van der Waals surface area (Å²) in [5.74, 6) is -0.424. The number of ether oxygens (including phenoxy) is 3. The Morgan fingerprint density at radius 3 is 2.48 bits per heavy atom. The van der Waals surface area contributed by atoms with Gasteiger partial charge in [-0.2, -0.15) is 5.10 Å². The lowest BCUT2D eigenvalue weighted by Crippen LogP contribution is -2.15. The van der Waals surface area contributed by atoms with Gasteiger partial charge in [-0.1, -0.05) is 0 Å². The van der Waals surface area contributed by atoms with Crippen LogP contribution in [-0.2, 0) is 14.2 Å². The van der Waals surface area contributed by atoms with Gasteiger partial charge in [-0.15, -0.1) is 0 Å². The second-order valence-corrected chi connectivity index (χ2v) is 5.77. The summed E-state index contributed by atoms with van der Waals surface area (Å²) >= 11 is 3.44. The van der Waals surface area contributed by atoms with E-state index in [4.69, 9.17) is 14.2 Å². The molecule has 0 fully saturated rings. The molecule has 2 heterocycles. The Kier molecular flexibility index (Phi) is 6.15. The lowest BCUT2D eigenvalue weighted by atomic mass is 10.1. The highest BCUT2D eigenvalue weighted by Gasteiger charge is 2.28. The quantitative estimate of drug-likeness (QED) is 0.538. The number of nitrogens with zero attached hydrogens (tertiary/aromatic N) is 2. The highest BCUT2D eigenvalue weighted by Crippen LogP contribution is 2.29. The number of aromatic nitrogens is 2. The van der Waals surface area contributed by atoms with E-state index in [-0.39, 0.29) is 0 Å². The van der Waals surface area contributed by atoms with Gasteiger partial charge < -0.3 is 14.2 Å². The van der Waals surface area contributed by atoms with Crippen molar-refractivity contribution in [2.24, 2.45) is 0 Å². The predicted octanol–water partition coefficient (Wildman–Crippen LogP) is 3.65. The normalized spacial score (nSPS) is 11.4. The molecule has 0 aliphatic rings. The molecule has 23 heavy (non-hydrogen) atoms. The van der Waals surface area contributed by atoms with E-state index in [0.29, 0.717) is 36.6 Å². The second-order valence-electron chi connectivity index (χ2n) is 4.86. The van der Waals surface area contributed by atoms with Crippen LogP contribution in [-0.4, -0.2) is 35.4 Å². The molecule has 0 spiro atoms. The van der Waals surface area contributed by atoms with Gasteiger partial charge in [-0.05, 0) is 55.3 Å². The molecule has 0 aliphatic carbocycles. The summed E-state index contributed by atoms with van der Waals surface area (Å²) in [6.07, 6.45) is 1.09. The van der Waals surface area contributed by atoms with Gasteiger partial charge in [0.1, 0.15) is 11.3 Å². The zero-order chi connectivity index (χ0) is 17.0. The molecule has 0 bridgehead atoms. The van der Waals surface area contributed by atoms with Gasteiger partial charge in [0.2, 0.25) is 6.29 Å². The van der Waals surface area contributed by atoms with Crippen LogP contribution in [0.4, 0.5) is 0 Å². The number of aryl methyl sites for hydroxylation is 1. The monoisotopic (exact) mass is 384 g/mol. The van der Waals surface area contributed by atoms with E-state index in [2.05, 4.69) is 21.0 Å². The lowest BCUT2D eigenvalue weighted by Gasteiger charge is -2.15. The molecule has 0 atom stereocenters. The number of esters is 1. The Labute approximate surface area is 143 Å². The van der Waals surface area contributed by atoms with E-state index >= 15 is 0 Å². The first-order valence-corrected chi connectivity index (χ1v) is 8.41. The Morgan fingerprint density at radius 2 is 1.91 bits per heavy atom. The molecule has 0 amide bonds. The third kappa shape index (κ3) is 3.73. The summed E-state index contributed by atoms with van der Waals surface area (Å²) in [5.41, 5.74) is 2.44. The maximum Gasteiger partial charge on any atom is 0.342 e. The van der Waals surface area contributed by atoms with Gasteiger partial charge in [0.05, 0.1) is 12.1 Å². The minimum absolute atomic E-state index is 0.291. The summed E-state index contributed by atoms with van der Waals surface area (Å²) in [6, 6.07) is 1.93. The molecular weight excluding hydrogens is 364 g/mol. The van der Waals surface area contributed by atoms with Crippen molar-refractivity contribution < 1.29 is 19.0 Å². The van der Waals surface area contributed by atoms with Crippen molar-refractivity contribution in [3.63, 3.8) is 0 Å². The zero-order valence-electron chi connectivity index (χ0n) is 13.8. The average molecular weight is 385 g/mol. The van der Waals surface area contributed by atoms with E-state index in [1.807, 2.05) is 26.8 Å². The first-order valence-electron chi connectivity index (χ1n) is 7.62. The number of hydrogen-bond donors (Lipinski definition) is 0. The van der Waals surface area contributed by atoms with E-state index in [1.54, 1.807) is 17.6 Å². The molecule has 6 nitrogen and oxygen atoms in total. The SMILES string of the molecule is CCOC(=O)c1c(C(OCC)OCC)nn2cc(Br)cc(C)c12. The van der Waals surface area contributed by atoms with Crippen molar-refractivity contribution in [3.05, 3.63) is 33.6 Å². The van der Waals surface area contributed by atoms with Crippen LogP contribution in [0.25, 0.3) is 5.52 Å². The molecule has 2 aromatic rings. The number of fused-ring (bicyclic) bond motifs is 1. The molecule has 0 saturated heterocycles.